The third kappa shape index (κ3) is 4.71. The van der Waals surface area contributed by atoms with Crippen molar-refractivity contribution in [3.63, 3.8) is 0 Å². The van der Waals surface area contributed by atoms with Crippen LogP contribution in [-0.2, 0) is 16.0 Å². The Kier molecular flexibility index (Phi) is 6.66. The van der Waals surface area contributed by atoms with E-state index >= 15 is 0 Å². The Balaban J connectivity index is 1.53. The van der Waals surface area contributed by atoms with E-state index in [1.54, 1.807) is 43.2 Å². The number of methoxy groups -OCH3 is 1. The first-order valence-electron chi connectivity index (χ1n) is 11.2. The first kappa shape index (κ1) is 23.5. The first-order valence-corrected chi connectivity index (χ1v) is 11.6. The maximum atomic E-state index is 13.5. The summed E-state index contributed by atoms with van der Waals surface area (Å²) in [6, 6.07) is 13.0. The quantitative estimate of drug-likeness (QED) is 0.688. The lowest BCUT2D eigenvalue weighted by Gasteiger charge is -2.34. The number of hydrogen-bond acceptors (Lipinski definition) is 4. The van der Waals surface area contributed by atoms with Crippen LogP contribution >= 0.6 is 11.6 Å². The normalized spacial score (nSPS) is 24.9. The van der Waals surface area contributed by atoms with Gasteiger partial charge in [0.15, 0.2) is 0 Å². The second-order valence-corrected chi connectivity index (χ2v) is 9.59. The molecule has 2 N–H and O–H groups in total. The molecule has 1 fully saturated rings. The Morgan fingerprint density at radius 1 is 1.12 bits per heavy atom. The van der Waals surface area contributed by atoms with Gasteiger partial charge in [-0.25, -0.2) is 4.79 Å². The van der Waals surface area contributed by atoms with Crippen molar-refractivity contribution in [2.75, 3.05) is 37.9 Å². The number of urea groups is 1. The Labute approximate surface area is 200 Å². The molecule has 2 aromatic rings. The zero-order chi connectivity index (χ0) is 23.8. The molecule has 0 radical (unpaired) electrons. The molecule has 3 amide bonds. The second kappa shape index (κ2) is 9.33. The van der Waals surface area contributed by atoms with Crippen LogP contribution in [0.1, 0.15) is 37.4 Å². The van der Waals surface area contributed by atoms with Gasteiger partial charge in [-0.15, -0.1) is 0 Å². The minimum absolute atomic E-state index is 0.225. The average molecular weight is 471 g/mol. The fourth-order valence-corrected chi connectivity index (χ4v) is 4.85. The van der Waals surface area contributed by atoms with E-state index in [4.69, 9.17) is 16.3 Å². The highest BCUT2D eigenvalue weighted by Gasteiger charge is 2.50. The summed E-state index contributed by atoms with van der Waals surface area (Å²) in [4.78, 5) is 30.5. The van der Waals surface area contributed by atoms with Crippen LogP contribution in [0.15, 0.2) is 42.5 Å². The van der Waals surface area contributed by atoms with Crippen LogP contribution in [0.2, 0.25) is 5.02 Å². The van der Waals surface area contributed by atoms with Crippen molar-refractivity contribution in [1.82, 2.24) is 9.80 Å². The Morgan fingerprint density at radius 2 is 1.82 bits per heavy atom. The smallest absolute Gasteiger partial charge is 0.322 e. The lowest BCUT2D eigenvalue weighted by atomic mass is 9.93. The van der Waals surface area contributed by atoms with Crippen molar-refractivity contribution in [2.24, 2.45) is 0 Å². The molecule has 2 aliphatic rings. The highest BCUT2D eigenvalue weighted by molar-refractivity contribution is 6.30. The number of ether oxygens (including phenoxy) is 1. The molecule has 7 nitrogen and oxygen atoms in total. The van der Waals surface area contributed by atoms with E-state index < -0.39 is 5.54 Å². The first-order chi connectivity index (χ1) is 15.7. The van der Waals surface area contributed by atoms with E-state index in [-0.39, 0.29) is 18.0 Å². The summed E-state index contributed by atoms with van der Waals surface area (Å²) in [5, 5.41) is 6.51. The Bertz CT molecular complexity index is 1040. The number of likely N-dealkylation sites (N-methyl/N-ethyl adjacent to an activating group) is 1. The van der Waals surface area contributed by atoms with Gasteiger partial charge in [0.25, 0.3) is 0 Å². The Morgan fingerprint density at radius 3 is 2.52 bits per heavy atom. The molecule has 0 bridgehead atoms. The van der Waals surface area contributed by atoms with E-state index in [0.717, 1.165) is 18.7 Å². The highest BCUT2D eigenvalue weighted by Crippen LogP contribution is 2.34. The number of nitrogens with zero attached hydrogens (tertiary/aromatic N) is 2. The summed E-state index contributed by atoms with van der Waals surface area (Å²) in [6.07, 6.45) is 1.13. The molecular formula is C25H31ClN4O3. The molecule has 33 heavy (non-hydrogen) atoms. The summed E-state index contributed by atoms with van der Waals surface area (Å²) in [7, 11) is 3.73. The summed E-state index contributed by atoms with van der Waals surface area (Å²) in [5.74, 6) is -0.228. The van der Waals surface area contributed by atoms with E-state index in [0.29, 0.717) is 29.7 Å². The number of hydrogen-bond donors (Lipinski definition) is 2. The molecule has 0 aliphatic carbocycles. The maximum Gasteiger partial charge on any atom is 0.322 e. The molecule has 0 spiro atoms. The van der Waals surface area contributed by atoms with Gasteiger partial charge in [0.05, 0.1) is 6.10 Å². The number of nitrogens with one attached hydrogen (secondary N) is 2. The summed E-state index contributed by atoms with van der Waals surface area (Å²) in [6.45, 7) is 5.29. The predicted molar refractivity (Wildman–Crippen MR) is 131 cm³/mol. The van der Waals surface area contributed by atoms with Gasteiger partial charge in [0.1, 0.15) is 5.54 Å². The van der Waals surface area contributed by atoms with Crippen molar-refractivity contribution in [3.8, 4) is 0 Å². The number of anilines is 2. The van der Waals surface area contributed by atoms with Gasteiger partial charge in [-0.2, -0.15) is 0 Å². The maximum absolute atomic E-state index is 13.5. The van der Waals surface area contributed by atoms with Gasteiger partial charge < -0.3 is 20.3 Å². The molecule has 0 aromatic heterocycles. The molecule has 0 saturated carbocycles. The van der Waals surface area contributed by atoms with Crippen LogP contribution in [0.3, 0.4) is 0 Å². The van der Waals surface area contributed by atoms with Gasteiger partial charge in [0, 0.05) is 49.1 Å². The number of benzene rings is 2. The largest absolute Gasteiger partial charge is 0.380 e. The minimum Gasteiger partial charge on any atom is -0.380 e. The Hall–Kier alpha value is -2.61. The molecule has 176 valence electrons. The van der Waals surface area contributed by atoms with Crippen molar-refractivity contribution in [3.05, 3.63) is 58.6 Å². The zero-order valence-corrected chi connectivity index (χ0v) is 20.3. The van der Waals surface area contributed by atoms with E-state index in [2.05, 4.69) is 41.6 Å². The van der Waals surface area contributed by atoms with Crippen LogP contribution in [0.25, 0.3) is 0 Å². The van der Waals surface area contributed by atoms with Gasteiger partial charge in [-0.3, -0.25) is 9.69 Å². The number of halogens is 1. The van der Waals surface area contributed by atoms with E-state index in [1.165, 1.54) is 11.1 Å². The number of fused-ring (bicyclic) bond motifs is 1. The SMILES string of the molecule is CO[C@H]1CN(C(=O)Nc2ccc(Cl)cc2)[C@@](C)(C(=O)Nc2ccc3c(c2)CCN(C)C3C)C1. The van der Waals surface area contributed by atoms with Crippen LogP contribution < -0.4 is 10.6 Å². The van der Waals surface area contributed by atoms with Crippen LogP contribution in [0.5, 0.6) is 0 Å². The second-order valence-electron chi connectivity index (χ2n) is 9.16. The molecule has 1 saturated heterocycles. The minimum atomic E-state index is -1.05. The predicted octanol–water partition coefficient (Wildman–Crippen LogP) is 4.54. The highest BCUT2D eigenvalue weighted by atomic mass is 35.5. The number of rotatable bonds is 4. The van der Waals surface area contributed by atoms with Crippen LogP contribution in [0.4, 0.5) is 16.2 Å². The molecule has 8 heteroatoms. The van der Waals surface area contributed by atoms with Gasteiger partial charge in [-0.05, 0) is 74.8 Å². The topological polar surface area (TPSA) is 73.9 Å². The van der Waals surface area contributed by atoms with E-state index in [1.807, 2.05) is 6.07 Å². The standard InChI is InChI=1S/C25H31ClN4O3/c1-16-22-10-9-20(13-17(22)11-12-29(16)3)27-23(31)25(2)14-21(33-4)15-30(25)24(32)28-19-7-5-18(26)6-8-19/h5-10,13,16,21H,11-12,14-15H2,1-4H3,(H,27,31)(H,28,32)/t16?,21-,25-/m1/s1. The van der Waals surface area contributed by atoms with Crippen molar-refractivity contribution in [1.29, 1.82) is 0 Å². The number of likely N-dealkylation sites (tertiary alicyclic amines) is 1. The van der Waals surface area contributed by atoms with Gasteiger partial charge >= 0.3 is 6.03 Å². The zero-order valence-electron chi connectivity index (χ0n) is 19.5. The van der Waals surface area contributed by atoms with Crippen molar-refractivity contribution < 1.29 is 14.3 Å². The van der Waals surface area contributed by atoms with Crippen molar-refractivity contribution >= 4 is 34.9 Å². The summed E-state index contributed by atoms with van der Waals surface area (Å²) >= 11 is 5.94. The molecule has 4 rings (SSSR count). The lowest BCUT2D eigenvalue weighted by Crippen LogP contribution is -2.54. The molecule has 2 aromatic carbocycles. The monoisotopic (exact) mass is 470 g/mol. The lowest BCUT2D eigenvalue weighted by molar-refractivity contribution is -0.124. The summed E-state index contributed by atoms with van der Waals surface area (Å²) in [5.41, 5.74) is 2.84. The average Bonchev–Trinajstić information content (AvgIpc) is 3.16. The van der Waals surface area contributed by atoms with E-state index in [9.17, 15) is 9.59 Å². The third-order valence-corrected chi connectivity index (χ3v) is 7.27. The van der Waals surface area contributed by atoms with Gasteiger partial charge in [-0.1, -0.05) is 17.7 Å². The molecule has 2 aliphatic heterocycles. The fraction of sp³-hybridized carbons (Fsp3) is 0.440. The fourth-order valence-electron chi connectivity index (χ4n) is 4.73. The molecule has 2 heterocycles. The molecule has 3 atom stereocenters. The third-order valence-electron chi connectivity index (χ3n) is 7.02. The molecule has 1 unspecified atom stereocenters. The number of amides is 3. The van der Waals surface area contributed by atoms with Crippen molar-refractivity contribution in [2.45, 2.75) is 44.4 Å². The summed E-state index contributed by atoms with van der Waals surface area (Å²) < 4.78 is 5.53. The van der Waals surface area contributed by atoms with Crippen LogP contribution in [-0.4, -0.2) is 60.6 Å². The number of carbonyl (C=O) groups excluding carboxylic acids is 2. The van der Waals surface area contributed by atoms with Crippen LogP contribution in [0, 0.1) is 0 Å². The number of carbonyl (C=O) groups is 2. The molecular weight excluding hydrogens is 440 g/mol. The van der Waals surface area contributed by atoms with Gasteiger partial charge in [0.2, 0.25) is 5.91 Å².